The lowest BCUT2D eigenvalue weighted by Crippen LogP contribution is -2.18. The Morgan fingerprint density at radius 3 is 3.00 bits per heavy atom. The van der Waals surface area contributed by atoms with Crippen LogP contribution in [0.25, 0.3) is 0 Å². The minimum Gasteiger partial charge on any atom is -0.396 e. The van der Waals surface area contributed by atoms with Crippen LogP contribution in [0.3, 0.4) is 0 Å². The fourth-order valence-corrected chi connectivity index (χ4v) is 1.80. The maximum absolute atomic E-state index is 8.70. The Balaban J connectivity index is 1.71. The summed E-state index contributed by atoms with van der Waals surface area (Å²) in [5.74, 6) is 1.14. The molecule has 0 radical (unpaired) electrons. The second kappa shape index (κ2) is 6.01. The van der Waals surface area contributed by atoms with Gasteiger partial charge in [0, 0.05) is 31.6 Å². The van der Waals surface area contributed by atoms with Crippen LogP contribution in [0.5, 0.6) is 0 Å². The highest BCUT2D eigenvalue weighted by Crippen LogP contribution is 2.19. The van der Waals surface area contributed by atoms with E-state index in [2.05, 4.69) is 14.9 Å². The van der Waals surface area contributed by atoms with Crippen LogP contribution in [0.4, 0.5) is 0 Å². The van der Waals surface area contributed by atoms with Gasteiger partial charge in [-0.3, -0.25) is 0 Å². The standard InChI is InChI=1S/C12H21N3O/c16-9-3-1-2-7-15-8-6-13-12(15)10-14-11-4-5-11/h6,8,11,14,16H,1-5,7,9-10H2. The average Bonchev–Trinajstić information content (AvgIpc) is 3.02. The minimum atomic E-state index is 0.306. The first-order chi connectivity index (χ1) is 7.90. The number of aryl methyl sites for hydroxylation is 1. The van der Waals surface area contributed by atoms with Gasteiger partial charge in [-0.1, -0.05) is 0 Å². The monoisotopic (exact) mass is 223 g/mol. The number of nitrogens with zero attached hydrogens (tertiary/aromatic N) is 2. The molecule has 0 atom stereocenters. The highest BCUT2D eigenvalue weighted by Gasteiger charge is 2.20. The van der Waals surface area contributed by atoms with Crippen LogP contribution in [0.15, 0.2) is 12.4 Å². The van der Waals surface area contributed by atoms with Crippen molar-refractivity contribution in [1.82, 2.24) is 14.9 Å². The second-order valence-corrected chi connectivity index (χ2v) is 4.48. The third-order valence-corrected chi connectivity index (χ3v) is 2.99. The van der Waals surface area contributed by atoms with Crippen molar-refractivity contribution in [3.05, 3.63) is 18.2 Å². The lowest BCUT2D eigenvalue weighted by Gasteiger charge is -2.08. The molecule has 2 N–H and O–H groups in total. The largest absolute Gasteiger partial charge is 0.396 e. The molecular formula is C12H21N3O. The van der Waals surface area contributed by atoms with Crippen molar-refractivity contribution in [3.8, 4) is 0 Å². The fourth-order valence-electron chi connectivity index (χ4n) is 1.80. The summed E-state index contributed by atoms with van der Waals surface area (Å²) in [5, 5.41) is 12.2. The molecule has 4 nitrogen and oxygen atoms in total. The first kappa shape index (κ1) is 11.6. The Bertz CT molecular complexity index is 307. The molecule has 0 aliphatic heterocycles. The summed E-state index contributed by atoms with van der Waals surface area (Å²) < 4.78 is 2.22. The van der Waals surface area contributed by atoms with Crippen molar-refractivity contribution in [1.29, 1.82) is 0 Å². The third-order valence-electron chi connectivity index (χ3n) is 2.99. The Hall–Kier alpha value is -0.870. The molecule has 0 unspecified atom stereocenters. The van der Waals surface area contributed by atoms with Gasteiger partial charge in [0.05, 0.1) is 6.54 Å². The van der Waals surface area contributed by atoms with Crippen LogP contribution in [0.1, 0.15) is 37.9 Å². The van der Waals surface area contributed by atoms with Crippen LogP contribution < -0.4 is 5.32 Å². The van der Waals surface area contributed by atoms with Crippen molar-refractivity contribution in [2.45, 2.75) is 51.2 Å². The summed E-state index contributed by atoms with van der Waals surface area (Å²) in [7, 11) is 0. The van der Waals surface area contributed by atoms with Gasteiger partial charge in [0.1, 0.15) is 5.82 Å². The van der Waals surface area contributed by atoms with Crippen LogP contribution >= 0.6 is 0 Å². The lowest BCUT2D eigenvalue weighted by atomic mass is 10.2. The van der Waals surface area contributed by atoms with E-state index in [0.717, 1.165) is 44.2 Å². The Morgan fingerprint density at radius 1 is 1.38 bits per heavy atom. The molecule has 4 heteroatoms. The van der Waals surface area contributed by atoms with Crippen molar-refractivity contribution < 1.29 is 5.11 Å². The minimum absolute atomic E-state index is 0.306. The number of aliphatic hydroxyl groups is 1. The maximum atomic E-state index is 8.70. The number of unbranched alkanes of at least 4 members (excludes halogenated alkanes) is 2. The number of rotatable bonds is 8. The van der Waals surface area contributed by atoms with E-state index in [1.165, 1.54) is 12.8 Å². The SMILES string of the molecule is OCCCCCn1ccnc1CNC1CC1. The molecule has 2 rings (SSSR count). The van der Waals surface area contributed by atoms with Gasteiger partial charge in [-0.15, -0.1) is 0 Å². The molecule has 1 aromatic rings. The molecule has 1 saturated carbocycles. The van der Waals surface area contributed by atoms with Gasteiger partial charge in [0.2, 0.25) is 0 Å². The summed E-state index contributed by atoms with van der Waals surface area (Å²) >= 11 is 0. The molecule has 0 saturated heterocycles. The molecule has 1 aromatic heterocycles. The summed E-state index contributed by atoms with van der Waals surface area (Å²) in [6.45, 7) is 2.21. The number of hydrogen-bond donors (Lipinski definition) is 2. The highest BCUT2D eigenvalue weighted by atomic mass is 16.2. The molecule has 0 aromatic carbocycles. The maximum Gasteiger partial charge on any atom is 0.122 e. The molecule has 1 fully saturated rings. The van der Waals surface area contributed by atoms with E-state index in [0.29, 0.717) is 6.61 Å². The zero-order valence-electron chi connectivity index (χ0n) is 9.73. The molecule has 1 aliphatic carbocycles. The lowest BCUT2D eigenvalue weighted by molar-refractivity contribution is 0.281. The van der Waals surface area contributed by atoms with Crippen molar-refractivity contribution in [3.63, 3.8) is 0 Å². The Morgan fingerprint density at radius 2 is 2.25 bits per heavy atom. The summed E-state index contributed by atoms with van der Waals surface area (Å²) in [4.78, 5) is 4.37. The predicted octanol–water partition coefficient (Wildman–Crippen LogP) is 1.30. The number of imidazole rings is 1. The third kappa shape index (κ3) is 3.61. The molecule has 0 spiro atoms. The van der Waals surface area contributed by atoms with Crippen LogP contribution in [-0.4, -0.2) is 27.3 Å². The van der Waals surface area contributed by atoms with E-state index in [1.807, 2.05) is 12.4 Å². The number of aromatic nitrogens is 2. The van der Waals surface area contributed by atoms with E-state index >= 15 is 0 Å². The predicted molar refractivity (Wildman–Crippen MR) is 63.0 cm³/mol. The van der Waals surface area contributed by atoms with Crippen molar-refractivity contribution in [2.75, 3.05) is 6.61 Å². The van der Waals surface area contributed by atoms with Crippen molar-refractivity contribution >= 4 is 0 Å². The van der Waals surface area contributed by atoms with Crippen molar-refractivity contribution in [2.24, 2.45) is 0 Å². The first-order valence-electron chi connectivity index (χ1n) is 6.24. The summed E-state index contributed by atoms with van der Waals surface area (Å²) in [5.41, 5.74) is 0. The van der Waals surface area contributed by atoms with Gasteiger partial charge < -0.3 is 15.0 Å². The Labute approximate surface area is 96.7 Å². The molecule has 1 heterocycles. The number of nitrogens with one attached hydrogen (secondary N) is 1. The summed E-state index contributed by atoms with van der Waals surface area (Å²) in [6.07, 6.45) is 9.66. The molecule has 0 amide bonds. The average molecular weight is 223 g/mol. The first-order valence-corrected chi connectivity index (χ1v) is 6.24. The van der Waals surface area contributed by atoms with Gasteiger partial charge >= 0.3 is 0 Å². The molecule has 1 aliphatic rings. The number of hydrogen-bond acceptors (Lipinski definition) is 3. The zero-order chi connectivity index (χ0) is 11.2. The molecule has 16 heavy (non-hydrogen) atoms. The highest BCUT2D eigenvalue weighted by molar-refractivity contribution is 4.94. The van der Waals surface area contributed by atoms with Crippen LogP contribution in [-0.2, 0) is 13.1 Å². The van der Waals surface area contributed by atoms with E-state index in [9.17, 15) is 0 Å². The van der Waals surface area contributed by atoms with E-state index in [4.69, 9.17) is 5.11 Å². The van der Waals surface area contributed by atoms with Gasteiger partial charge in [0.25, 0.3) is 0 Å². The molecular weight excluding hydrogens is 202 g/mol. The van der Waals surface area contributed by atoms with Gasteiger partial charge in [0.15, 0.2) is 0 Å². The fraction of sp³-hybridized carbons (Fsp3) is 0.750. The van der Waals surface area contributed by atoms with Gasteiger partial charge in [-0.25, -0.2) is 4.98 Å². The quantitative estimate of drug-likeness (QED) is 0.653. The smallest absolute Gasteiger partial charge is 0.122 e. The molecule has 0 bridgehead atoms. The number of aliphatic hydroxyl groups excluding tert-OH is 1. The van der Waals surface area contributed by atoms with Gasteiger partial charge in [-0.05, 0) is 32.1 Å². The van der Waals surface area contributed by atoms with Crippen LogP contribution in [0, 0.1) is 0 Å². The van der Waals surface area contributed by atoms with E-state index < -0.39 is 0 Å². The van der Waals surface area contributed by atoms with Gasteiger partial charge in [-0.2, -0.15) is 0 Å². The Kier molecular flexibility index (Phi) is 4.36. The van der Waals surface area contributed by atoms with Crippen LogP contribution in [0.2, 0.25) is 0 Å². The second-order valence-electron chi connectivity index (χ2n) is 4.48. The summed E-state index contributed by atoms with van der Waals surface area (Å²) in [6, 6.07) is 0.736. The molecule has 90 valence electrons. The zero-order valence-corrected chi connectivity index (χ0v) is 9.73. The van der Waals surface area contributed by atoms with E-state index in [-0.39, 0.29) is 0 Å². The van der Waals surface area contributed by atoms with E-state index in [1.54, 1.807) is 0 Å². The topological polar surface area (TPSA) is 50.1 Å². The normalized spacial score (nSPS) is 15.6.